The third-order valence-electron chi connectivity index (χ3n) is 6.30. The van der Waals surface area contributed by atoms with E-state index in [0.29, 0.717) is 31.2 Å². The Hall–Kier alpha value is -4.26. The van der Waals surface area contributed by atoms with E-state index >= 15 is 0 Å². The second-order valence-electron chi connectivity index (χ2n) is 8.64. The highest BCUT2D eigenvalue weighted by molar-refractivity contribution is 5.85. The first-order valence-corrected chi connectivity index (χ1v) is 11.5. The van der Waals surface area contributed by atoms with Gasteiger partial charge < -0.3 is 4.90 Å². The minimum absolute atomic E-state index is 0.0741. The maximum absolute atomic E-state index is 13.7. The van der Waals surface area contributed by atoms with Gasteiger partial charge >= 0.3 is 5.69 Å². The highest BCUT2D eigenvalue weighted by atomic mass is 16.2. The molecule has 5 rings (SSSR count). The Morgan fingerprint density at radius 3 is 2.63 bits per heavy atom. The molecule has 0 N–H and O–H groups in total. The minimum Gasteiger partial charge on any atom is -0.335 e. The first kappa shape index (κ1) is 22.5. The van der Waals surface area contributed by atoms with Gasteiger partial charge in [-0.05, 0) is 26.3 Å². The summed E-state index contributed by atoms with van der Waals surface area (Å²) >= 11 is 0. The number of imidazole rings is 1. The van der Waals surface area contributed by atoms with E-state index in [1.165, 1.54) is 4.57 Å². The van der Waals surface area contributed by atoms with E-state index in [2.05, 4.69) is 26.8 Å². The number of para-hydroxylation sites is 1. The normalized spacial score (nSPS) is 13.9. The Bertz CT molecular complexity index is 1670. The van der Waals surface area contributed by atoms with Crippen molar-refractivity contribution in [3.05, 3.63) is 56.6 Å². The van der Waals surface area contributed by atoms with Gasteiger partial charge in [-0.3, -0.25) is 23.3 Å². The molecule has 0 atom stereocenters. The average Bonchev–Trinajstić information content (AvgIpc) is 3.24. The van der Waals surface area contributed by atoms with Gasteiger partial charge in [-0.1, -0.05) is 24.1 Å². The molecule has 10 heteroatoms. The number of hydrogen-bond acceptors (Lipinski definition) is 7. The lowest BCUT2D eigenvalue weighted by atomic mass is 10.1. The van der Waals surface area contributed by atoms with Gasteiger partial charge in [-0.2, -0.15) is 4.98 Å². The van der Waals surface area contributed by atoms with Crippen molar-refractivity contribution in [2.24, 2.45) is 7.05 Å². The van der Waals surface area contributed by atoms with Crippen LogP contribution >= 0.6 is 0 Å². The number of hydrogen-bond donors (Lipinski definition) is 0. The van der Waals surface area contributed by atoms with Gasteiger partial charge in [0.25, 0.3) is 5.56 Å². The van der Waals surface area contributed by atoms with Crippen molar-refractivity contribution in [2.45, 2.75) is 39.8 Å². The van der Waals surface area contributed by atoms with Gasteiger partial charge in [-0.15, -0.1) is 5.92 Å². The molecule has 0 amide bonds. The molecule has 0 bridgehead atoms. The number of aryl methyl sites for hydroxylation is 2. The molecule has 1 aliphatic rings. The van der Waals surface area contributed by atoms with Gasteiger partial charge in [0.05, 0.1) is 25.2 Å². The van der Waals surface area contributed by atoms with Crippen LogP contribution in [0.1, 0.15) is 31.3 Å². The van der Waals surface area contributed by atoms with Crippen molar-refractivity contribution in [3.8, 4) is 11.8 Å². The molecule has 3 aromatic heterocycles. The zero-order chi connectivity index (χ0) is 24.7. The molecule has 0 unspecified atom stereocenters. The molecule has 1 aliphatic heterocycles. The molecule has 4 aromatic rings. The number of carbonyl (C=O) groups excluding carboxylic acids is 1. The maximum atomic E-state index is 13.7. The van der Waals surface area contributed by atoms with E-state index in [1.807, 2.05) is 36.1 Å². The second-order valence-corrected chi connectivity index (χ2v) is 8.64. The van der Waals surface area contributed by atoms with E-state index < -0.39 is 11.2 Å². The number of nitrogens with zero attached hydrogens (tertiary/aromatic N) is 7. The molecule has 1 aromatic carbocycles. The fourth-order valence-electron chi connectivity index (χ4n) is 4.56. The number of anilines is 1. The van der Waals surface area contributed by atoms with E-state index in [4.69, 9.17) is 0 Å². The summed E-state index contributed by atoms with van der Waals surface area (Å²) in [6.07, 6.45) is 1.24. The van der Waals surface area contributed by atoms with Crippen LogP contribution in [0.5, 0.6) is 0 Å². The van der Waals surface area contributed by atoms with Crippen LogP contribution < -0.4 is 16.1 Å². The predicted octanol–water partition coefficient (Wildman–Crippen LogP) is 1.39. The molecule has 0 saturated carbocycles. The molecule has 1 saturated heterocycles. The third-order valence-corrected chi connectivity index (χ3v) is 6.30. The first-order valence-electron chi connectivity index (χ1n) is 11.5. The van der Waals surface area contributed by atoms with Crippen LogP contribution in [-0.2, 0) is 24.9 Å². The summed E-state index contributed by atoms with van der Waals surface area (Å²) in [7, 11) is 1.58. The second kappa shape index (κ2) is 8.83. The zero-order valence-electron chi connectivity index (χ0n) is 19.9. The van der Waals surface area contributed by atoms with Gasteiger partial charge in [0.2, 0.25) is 5.95 Å². The minimum atomic E-state index is -0.510. The van der Waals surface area contributed by atoms with Gasteiger partial charge in [0, 0.05) is 31.1 Å². The van der Waals surface area contributed by atoms with E-state index in [-0.39, 0.29) is 36.6 Å². The van der Waals surface area contributed by atoms with E-state index in [1.54, 1.807) is 18.5 Å². The molecule has 4 heterocycles. The molecule has 0 spiro atoms. The van der Waals surface area contributed by atoms with Crippen LogP contribution in [-0.4, -0.2) is 47.5 Å². The Kier molecular flexibility index (Phi) is 5.68. The average molecular weight is 472 g/mol. The van der Waals surface area contributed by atoms with Gasteiger partial charge in [0.1, 0.15) is 5.82 Å². The maximum Gasteiger partial charge on any atom is 0.332 e. The highest BCUT2D eigenvalue weighted by Crippen LogP contribution is 2.22. The number of rotatable bonds is 4. The number of piperidine rings is 1. The standard InChI is InChI=1S/C25H25N7O3/c1-4-5-13-31-21-22(28-24(31)30-12-8-9-17(33)14-30)29(3)25(35)32(23(21)34)15-20-26-16(2)18-10-6-7-11-19(18)27-20/h6-7,10-11H,8-9,12-15H2,1-3H3. The van der Waals surface area contributed by atoms with Gasteiger partial charge in [0.15, 0.2) is 16.9 Å². The van der Waals surface area contributed by atoms with Crippen LogP contribution in [0.25, 0.3) is 22.1 Å². The number of carbonyl (C=O) groups is 1. The van der Waals surface area contributed by atoms with Crippen LogP contribution in [0.2, 0.25) is 0 Å². The summed E-state index contributed by atoms with van der Waals surface area (Å²) in [5, 5.41) is 0.920. The molecule has 178 valence electrons. The number of ketones is 1. The monoisotopic (exact) mass is 471 g/mol. The Morgan fingerprint density at radius 2 is 1.86 bits per heavy atom. The van der Waals surface area contributed by atoms with Crippen LogP contribution in [0.4, 0.5) is 5.95 Å². The molecule has 0 radical (unpaired) electrons. The van der Waals surface area contributed by atoms with Crippen LogP contribution in [0, 0.1) is 18.8 Å². The fourth-order valence-corrected chi connectivity index (χ4v) is 4.56. The third kappa shape index (κ3) is 3.89. The summed E-state index contributed by atoms with van der Waals surface area (Å²) in [5.41, 5.74) is 1.05. The Labute approximate surface area is 200 Å². The van der Waals surface area contributed by atoms with Crippen molar-refractivity contribution in [2.75, 3.05) is 18.0 Å². The summed E-state index contributed by atoms with van der Waals surface area (Å²) in [6, 6.07) is 7.62. The number of fused-ring (bicyclic) bond motifs is 2. The van der Waals surface area contributed by atoms with E-state index in [0.717, 1.165) is 21.2 Å². The first-order chi connectivity index (χ1) is 16.9. The number of Topliss-reactive ketones (excluding diaryl/α,β-unsaturated/α-hetero) is 1. The quantitative estimate of drug-likeness (QED) is 0.414. The lowest BCUT2D eigenvalue weighted by Crippen LogP contribution is -2.40. The molecular weight excluding hydrogens is 446 g/mol. The Morgan fingerprint density at radius 1 is 1.06 bits per heavy atom. The lowest BCUT2D eigenvalue weighted by molar-refractivity contribution is -0.118. The smallest absolute Gasteiger partial charge is 0.332 e. The van der Waals surface area contributed by atoms with Crippen LogP contribution in [0.3, 0.4) is 0 Å². The molecule has 35 heavy (non-hydrogen) atoms. The highest BCUT2D eigenvalue weighted by Gasteiger charge is 2.26. The van der Waals surface area contributed by atoms with E-state index in [9.17, 15) is 14.4 Å². The SMILES string of the molecule is CC#CCn1c(N2CCCC(=O)C2)nc2c1c(=O)n(Cc1nc(C)c3ccccc3n1)c(=O)n2C. The van der Waals surface area contributed by atoms with Crippen molar-refractivity contribution < 1.29 is 4.79 Å². The Balaban J connectivity index is 1.70. The predicted molar refractivity (Wildman–Crippen MR) is 133 cm³/mol. The summed E-state index contributed by atoms with van der Waals surface area (Å²) in [4.78, 5) is 54.7. The zero-order valence-corrected chi connectivity index (χ0v) is 19.9. The van der Waals surface area contributed by atoms with Crippen molar-refractivity contribution >= 4 is 33.8 Å². The summed E-state index contributed by atoms with van der Waals surface area (Å²) in [6.45, 7) is 4.59. The van der Waals surface area contributed by atoms with Crippen LogP contribution in [0.15, 0.2) is 33.9 Å². The number of aromatic nitrogens is 6. The summed E-state index contributed by atoms with van der Waals surface area (Å²) in [5.74, 6) is 6.81. The van der Waals surface area contributed by atoms with Crippen molar-refractivity contribution in [3.63, 3.8) is 0 Å². The molecule has 1 fully saturated rings. The van der Waals surface area contributed by atoms with Gasteiger partial charge in [-0.25, -0.2) is 14.8 Å². The molecule has 0 aliphatic carbocycles. The van der Waals surface area contributed by atoms with Crippen molar-refractivity contribution in [1.82, 2.24) is 28.7 Å². The van der Waals surface area contributed by atoms with Crippen molar-refractivity contribution in [1.29, 1.82) is 0 Å². The fraction of sp³-hybridized carbons (Fsp3) is 0.360. The summed E-state index contributed by atoms with van der Waals surface area (Å²) < 4.78 is 4.19. The molecular formula is C25H25N7O3. The molecule has 10 nitrogen and oxygen atoms in total. The largest absolute Gasteiger partial charge is 0.335 e. The number of benzene rings is 1. The lowest BCUT2D eigenvalue weighted by Gasteiger charge is -2.26. The topological polar surface area (TPSA) is 108 Å².